The Morgan fingerprint density at radius 3 is 2.93 bits per heavy atom. The van der Waals surface area contributed by atoms with E-state index in [1.165, 1.54) is 11.1 Å². The molecule has 2 heteroatoms. The average Bonchev–Trinajstić information content (AvgIpc) is 2.16. The fourth-order valence-corrected chi connectivity index (χ4v) is 2.19. The molecule has 0 radical (unpaired) electrons. The van der Waals surface area contributed by atoms with Gasteiger partial charge in [0.2, 0.25) is 0 Å². The molecule has 1 aliphatic rings. The van der Waals surface area contributed by atoms with Crippen molar-refractivity contribution < 1.29 is 4.74 Å². The van der Waals surface area contributed by atoms with Crippen LogP contribution in [0, 0.1) is 5.92 Å². The first-order valence-corrected chi connectivity index (χ1v) is 5.42. The molecule has 0 aliphatic carbocycles. The van der Waals surface area contributed by atoms with E-state index in [9.17, 15) is 0 Å². The molecule has 0 saturated carbocycles. The van der Waals surface area contributed by atoms with Crippen LogP contribution < -0.4 is 0 Å². The van der Waals surface area contributed by atoms with E-state index in [1.54, 1.807) is 0 Å². The van der Waals surface area contributed by atoms with Gasteiger partial charge in [0.1, 0.15) is 0 Å². The molecule has 0 bridgehead atoms. The van der Waals surface area contributed by atoms with Gasteiger partial charge in [-0.25, -0.2) is 0 Å². The van der Waals surface area contributed by atoms with Gasteiger partial charge in [-0.1, -0.05) is 31.5 Å². The molecule has 1 atom stereocenters. The van der Waals surface area contributed by atoms with Crippen LogP contribution in [0.15, 0.2) is 18.2 Å². The highest BCUT2D eigenvalue weighted by atomic mass is 35.5. The van der Waals surface area contributed by atoms with Crippen LogP contribution in [0.25, 0.3) is 0 Å². The highest BCUT2D eigenvalue weighted by molar-refractivity contribution is 6.30. The Hall–Kier alpha value is -0.530. The molecule has 1 heterocycles. The topological polar surface area (TPSA) is 9.23 Å². The molecule has 1 aromatic rings. The van der Waals surface area contributed by atoms with E-state index in [0.717, 1.165) is 11.6 Å². The predicted octanol–water partition coefficient (Wildman–Crippen LogP) is 3.61. The van der Waals surface area contributed by atoms with Crippen LogP contribution in [0.4, 0.5) is 0 Å². The monoisotopic (exact) mass is 210 g/mol. The zero-order chi connectivity index (χ0) is 10.1. The van der Waals surface area contributed by atoms with Gasteiger partial charge in [-0.05, 0) is 29.2 Å². The van der Waals surface area contributed by atoms with Crippen molar-refractivity contribution in [1.82, 2.24) is 0 Å². The van der Waals surface area contributed by atoms with Gasteiger partial charge < -0.3 is 4.74 Å². The van der Waals surface area contributed by atoms with Crippen LogP contribution in [0.5, 0.6) is 0 Å². The van der Waals surface area contributed by atoms with Crippen molar-refractivity contribution in [1.29, 1.82) is 0 Å². The molecular weight excluding hydrogens is 196 g/mol. The Morgan fingerprint density at radius 1 is 1.43 bits per heavy atom. The molecule has 0 N–H and O–H groups in total. The molecule has 2 rings (SSSR count). The van der Waals surface area contributed by atoms with Crippen molar-refractivity contribution in [2.24, 2.45) is 5.92 Å². The van der Waals surface area contributed by atoms with Gasteiger partial charge in [0.05, 0.1) is 13.2 Å². The van der Waals surface area contributed by atoms with Gasteiger partial charge in [0, 0.05) is 10.9 Å². The van der Waals surface area contributed by atoms with E-state index in [1.807, 2.05) is 12.1 Å². The Morgan fingerprint density at radius 2 is 2.21 bits per heavy atom. The van der Waals surface area contributed by atoms with Crippen LogP contribution >= 0.6 is 11.6 Å². The van der Waals surface area contributed by atoms with Crippen molar-refractivity contribution in [3.8, 4) is 0 Å². The van der Waals surface area contributed by atoms with Gasteiger partial charge >= 0.3 is 0 Å². The van der Waals surface area contributed by atoms with Gasteiger partial charge in [-0.3, -0.25) is 0 Å². The largest absolute Gasteiger partial charge is 0.376 e. The van der Waals surface area contributed by atoms with E-state index >= 15 is 0 Å². The summed E-state index contributed by atoms with van der Waals surface area (Å²) in [4.78, 5) is 0. The summed E-state index contributed by atoms with van der Waals surface area (Å²) in [6, 6.07) is 6.14. The maximum atomic E-state index is 5.95. The third kappa shape index (κ3) is 1.79. The minimum atomic E-state index is 0.524. The van der Waals surface area contributed by atoms with Gasteiger partial charge in [-0.15, -0.1) is 0 Å². The van der Waals surface area contributed by atoms with Crippen LogP contribution in [-0.2, 0) is 11.3 Å². The molecule has 0 fully saturated rings. The number of hydrogen-bond donors (Lipinski definition) is 0. The van der Waals surface area contributed by atoms with Crippen LogP contribution in [-0.4, -0.2) is 6.61 Å². The Balaban J connectivity index is 2.40. The van der Waals surface area contributed by atoms with Crippen LogP contribution in [0.2, 0.25) is 5.02 Å². The molecule has 1 aliphatic heterocycles. The van der Waals surface area contributed by atoms with E-state index in [0.29, 0.717) is 18.4 Å². The van der Waals surface area contributed by atoms with Crippen molar-refractivity contribution in [2.75, 3.05) is 6.61 Å². The van der Waals surface area contributed by atoms with Gasteiger partial charge in [-0.2, -0.15) is 0 Å². The number of fused-ring (bicyclic) bond motifs is 1. The maximum Gasteiger partial charge on any atom is 0.0720 e. The van der Waals surface area contributed by atoms with E-state index in [4.69, 9.17) is 16.3 Å². The minimum absolute atomic E-state index is 0.524. The molecule has 0 aromatic heterocycles. The average molecular weight is 211 g/mol. The molecule has 0 amide bonds. The number of hydrogen-bond acceptors (Lipinski definition) is 1. The molecule has 14 heavy (non-hydrogen) atoms. The highest BCUT2D eigenvalue weighted by Crippen LogP contribution is 2.33. The standard InChI is InChI=1S/C12H15ClO/c1-8(2)12-7-14-6-9-5-10(13)3-4-11(9)12/h3-5,8,12H,6-7H2,1-2H3/t12-/m1/s1. The lowest BCUT2D eigenvalue weighted by atomic mass is 9.85. The first-order valence-electron chi connectivity index (χ1n) is 5.04. The first kappa shape index (κ1) is 10.0. The first-order chi connectivity index (χ1) is 6.68. The van der Waals surface area contributed by atoms with Gasteiger partial charge in [0.25, 0.3) is 0 Å². The molecule has 76 valence electrons. The predicted molar refractivity (Wildman–Crippen MR) is 58.7 cm³/mol. The summed E-state index contributed by atoms with van der Waals surface area (Å²) in [6.45, 7) is 6.01. The summed E-state index contributed by atoms with van der Waals surface area (Å²) in [6.07, 6.45) is 0. The minimum Gasteiger partial charge on any atom is -0.376 e. The second-order valence-electron chi connectivity index (χ2n) is 4.21. The number of halogens is 1. The lowest BCUT2D eigenvalue weighted by Gasteiger charge is -2.28. The maximum absolute atomic E-state index is 5.95. The summed E-state index contributed by atoms with van der Waals surface area (Å²) in [5.41, 5.74) is 2.66. The summed E-state index contributed by atoms with van der Waals surface area (Å²) < 4.78 is 5.57. The third-order valence-electron chi connectivity index (χ3n) is 2.86. The molecule has 0 unspecified atom stereocenters. The smallest absolute Gasteiger partial charge is 0.0720 e. The lowest BCUT2D eigenvalue weighted by molar-refractivity contribution is 0.0793. The zero-order valence-corrected chi connectivity index (χ0v) is 9.34. The molecular formula is C12H15ClO. The fraction of sp³-hybridized carbons (Fsp3) is 0.500. The van der Waals surface area contributed by atoms with Crippen molar-refractivity contribution in [3.63, 3.8) is 0 Å². The quantitative estimate of drug-likeness (QED) is 0.688. The Labute approximate surface area is 90.0 Å². The number of benzene rings is 1. The Bertz CT molecular complexity index is 333. The fourth-order valence-electron chi connectivity index (χ4n) is 2.00. The second-order valence-corrected chi connectivity index (χ2v) is 4.65. The summed E-state index contributed by atoms with van der Waals surface area (Å²) >= 11 is 5.95. The zero-order valence-electron chi connectivity index (χ0n) is 8.59. The van der Waals surface area contributed by atoms with Gasteiger partial charge in [0.15, 0.2) is 0 Å². The van der Waals surface area contributed by atoms with Crippen LogP contribution in [0.3, 0.4) is 0 Å². The van der Waals surface area contributed by atoms with Crippen molar-refractivity contribution in [2.45, 2.75) is 26.4 Å². The van der Waals surface area contributed by atoms with E-state index in [-0.39, 0.29) is 0 Å². The third-order valence-corrected chi connectivity index (χ3v) is 3.10. The molecule has 0 saturated heterocycles. The normalized spacial score (nSPS) is 21.0. The van der Waals surface area contributed by atoms with Crippen LogP contribution in [0.1, 0.15) is 30.9 Å². The molecule has 0 spiro atoms. The van der Waals surface area contributed by atoms with E-state index < -0.39 is 0 Å². The number of ether oxygens (including phenoxy) is 1. The van der Waals surface area contributed by atoms with Crippen molar-refractivity contribution >= 4 is 11.6 Å². The van der Waals surface area contributed by atoms with E-state index in [2.05, 4.69) is 19.9 Å². The summed E-state index contributed by atoms with van der Waals surface area (Å²) in [7, 11) is 0. The highest BCUT2D eigenvalue weighted by Gasteiger charge is 2.23. The lowest BCUT2D eigenvalue weighted by Crippen LogP contribution is -2.20. The summed E-state index contributed by atoms with van der Waals surface area (Å²) in [5, 5.41) is 0.803. The summed E-state index contributed by atoms with van der Waals surface area (Å²) in [5.74, 6) is 1.14. The molecule has 1 aromatic carbocycles. The Kier molecular flexibility index (Phi) is 2.80. The van der Waals surface area contributed by atoms with Crippen molar-refractivity contribution in [3.05, 3.63) is 34.3 Å². The molecule has 1 nitrogen and oxygen atoms in total. The SMILES string of the molecule is CC(C)[C@H]1COCc2cc(Cl)ccc21. The second kappa shape index (κ2) is 3.92. The number of rotatable bonds is 1.